The van der Waals surface area contributed by atoms with Crippen LogP contribution in [0.2, 0.25) is 0 Å². The Balaban J connectivity index is 2.06. The lowest BCUT2D eigenvalue weighted by Gasteiger charge is -2.50. The highest BCUT2D eigenvalue weighted by molar-refractivity contribution is 5.93. The first-order valence-corrected chi connectivity index (χ1v) is 6.45. The maximum Gasteiger partial charge on any atom is 0.269 e. The molecular formula is C13H22N4O. The van der Waals surface area contributed by atoms with E-state index < -0.39 is 0 Å². The van der Waals surface area contributed by atoms with Crippen LogP contribution >= 0.6 is 0 Å². The zero-order valence-corrected chi connectivity index (χ0v) is 11.5. The molecule has 2 rings (SSSR count). The summed E-state index contributed by atoms with van der Waals surface area (Å²) in [5, 5.41) is 7.34. The monoisotopic (exact) mass is 250 g/mol. The van der Waals surface area contributed by atoms with Gasteiger partial charge in [-0.25, -0.2) is 0 Å². The normalized spacial score (nSPS) is 25.6. The number of nitrogens with two attached hydrogens (primary N) is 1. The lowest BCUT2D eigenvalue weighted by Crippen LogP contribution is -2.64. The molecule has 0 saturated heterocycles. The van der Waals surface area contributed by atoms with Gasteiger partial charge in [0.05, 0.1) is 5.69 Å². The largest absolute Gasteiger partial charge is 0.347 e. The molecule has 1 aromatic rings. The predicted octanol–water partition coefficient (Wildman–Crippen LogP) is 0.838. The van der Waals surface area contributed by atoms with Crippen molar-refractivity contribution in [3.8, 4) is 0 Å². The number of amides is 1. The van der Waals surface area contributed by atoms with Crippen molar-refractivity contribution in [2.45, 2.75) is 45.7 Å². The lowest BCUT2D eigenvalue weighted by atomic mass is 9.63. The van der Waals surface area contributed by atoms with Gasteiger partial charge in [-0.05, 0) is 18.9 Å². The Morgan fingerprint density at radius 2 is 2.33 bits per heavy atom. The zero-order valence-electron chi connectivity index (χ0n) is 11.5. The molecule has 1 aliphatic rings. The van der Waals surface area contributed by atoms with Crippen LogP contribution in [0.25, 0.3) is 0 Å². The Morgan fingerprint density at radius 3 is 2.78 bits per heavy atom. The van der Waals surface area contributed by atoms with Crippen molar-refractivity contribution in [1.82, 2.24) is 15.1 Å². The van der Waals surface area contributed by atoms with E-state index in [0.29, 0.717) is 5.69 Å². The van der Waals surface area contributed by atoms with Crippen LogP contribution in [-0.4, -0.2) is 27.8 Å². The van der Waals surface area contributed by atoms with E-state index in [1.165, 1.54) is 0 Å². The van der Waals surface area contributed by atoms with E-state index in [2.05, 4.69) is 24.3 Å². The fourth-order valence-electron chi connectivity index (χ4n) is 2.35. The topological polar surface area (TPSA) is 72.9 Å². The van der Waals surface area contributed by atoms with E-state index >= 15 is 0 Å². The third-order valence-corrected chi connectivity index (χ3v) is 4.17. The van der Waals surface area contributed by atoms with Gasteiger partial charge in [-0.2, -0.15) is 5.10 Å². The van der Waals surface area contributed by atoms with Crippen LogP contribution in [0.1, 0.15) is 43.4 Å². The third-order valence-electron chi connectivity index (χ3n) is 4.17. The first kappa shape index (κ1) is 13.1. The minimum Gasteiger partial charge on any atom is -0.347 e. The Hall–Kier alpha value is -1.36. The van der Waals surface area contributed by atoms with E-state index in [1.807, 2.05) is 13.0 Å². The fourth-order valence-corrected chi connectivity index (χ4v) is 2.35. The minimum absolute atomic E-state index is 0.0260. The SMILES string of the molecule is CCc1cc(C(=O)NC2CC(N)C2(C)C)n(C)n1. The maximum atomic E-state index is 12.2. The number of carbonyl (C=O) groups is 1. The van der Waals surface area contributed by atoms with E-state index in [0.717, 1.165) is 18.5 Å². The minimum atomic E-state index is -0.0605. The number of carbonyl (C=O) groups excluding carboxylic acids is 1. The van der Waals surface area contributed by atoms with Gasteiger partial charge in [0.15, 0.2) is 0 Å². The molecule has 18 heavy (non-hydrogen) atoms. The maximum absolute atomic E-state index is 12.2. The number of hydrogen-bond donors (Lipinski definition) is 2. The van der Waals surface area contributed by atoms with Gasteiger partial charge in [0.25, 0.3) is 5.91 Å². The summed E-state index contributed by atoms with van der Waals surface area (Å²) in [5.74, 6) is -0.0605. The van der Waals surface area contributed by atoms with Gasteiger partial charge in [0.1, 0.15) is 5.69 Å². The van der Waals surface area contributed by atoms with E-state index in [-0.39, 0.29) is 23.4 Å². The molecule has 2 unspecified atom stereocenters. The fraction of sp³-hybridized carbons (Fsp3) is 0.692. The summed E-state index contributed by atoms with van der Waals surface area (Å²) in [4.78, 5) is 12.2. The number of hydrogen-bond acceptors (Lipinski definition) is 3. The number of nitrogens with one attached hydrogen (secondary N) is 1. The van der Waals surface area contributed by atoms with E-state index in [4.69, 9.17) is 5.73 Å². The van der Waals surface area contributed by atoms with E-state index in [9.17, 15) is 4.79 Å². The Morgan fingerprint density at radius 1 is 1.67 bits per heavy atom. The molecule has 5 heteroatoms. The van der Waals surface area contributed by atoms with Crippen LogP contribution in [-0.2, 0) is 13.5 Å². The number of aromatic nitrogens is 2. The molecule has 3 N–H and O–H groups in total. The number of aryl methyl sites for hydroxylation is 2. The molecule has 0 aliphatic heterocycles. The summed E-state index contributed by atoms with van der Waals surface area (Å²) in [6.07, 6.45) is 1.68. The first-order valence-electron chi connectivity index (χ1n) is 6.45. The second-order valence-corrected chi connectivity index (χ2v) is 5.69. The van der Waals surface area contributed by atoms with Crippen molar-refractivity contribution in [2.24, 2.45) is 18.2 Å². The molecule has 0 bridgehead atoms. The Labute approximate surface area is 108 Å². The van der Waals surface area contributed by atoms with Crippen molar-refractivity contribution in [2.75, 3.05) is 0 Å². The summed E-state index contributed by atoms with van der Waals surface area (Å²) in [7, 11) is 1.80. The first-order chi connectivity index (χ1) is 8.36. The molecule has 0 spiro atoms. The summed E-state index contributed by atoms with van der Waals surface area (Å²) in [5.41, 5.74) is 7.47. The van der Waals surface area contributed by atoms with Gasteiger partial charge in [-0.15, -0.1) is 0 Å². The van der Waals surface area contributed by atoms with E-state index in [1.54, 1.807) is 11.7 Å². The molecule has 1 saturated carbocycles. The summed E-state index contributed by atoms with van der Waals surface area (Å²) in [6, 6.07) is 2.17. The Bertz CT molecular complexity index is 464. The molecule has 100 valence electrons. The zero-order chi connectivity index (χ0) is 13.5. The van der Waals surface area contributed by atoms with Crippen molar-refractivity contribution in [1.29, 1.82) is 0 Å². The molecule has 1 heterocycles. The van der Waals surface area contributed by atoms with Gasteiger partial charge in [0, 0.05) is 24.5 Å². The molecule has 0 radical (unpaired) electrons. The third kappa shape index (κ3) is 2.03. The predicted molar refractivity (Wildman–Crippen MR) is 70.2 cm³/mol. The summed E-state index contributed by atoms with van der Waals surface area (Å²) >= 11 is 0. The van der Waals surface area contributed by atoms with Gasteiger partial charge in [0.2, 0.25) is 0 Å². The van der Waals surface area contributed by atoms with Crippen LogP contribution in [0.4, 0.5) is 0 Å². The molecule has 5 nitrogen and oxygen atoms in total. The second-order valence-electron chi connectivity index (χ2n) is 5.69. The van der Waals surface area contributed by atoms with Crippen LogP contribution in [0, 0.1) is 5.41 Å². The van der Waals surface area contributed by atoms with Crippen LogP contribution in [0.15, 0.2) is 6.07 Å². The van der Waals surface area contributed by atoms with Crippen molar-refractivity contribution in [3.63, 3.8) is 0 Å². The quantitative estimate of drug-likeness (QED) is 0.835. The molecule has 1 aliphatic carbocycles. The number of nitrogens with zero attached hydrogens (tertiary/aromatic N) is 2. The smallest absolute Gasteiger partial charge is 0.269 e. The molecule has 1 aromatic heterocycles. The second kappa shape index (κ2) is 4.39. The highest BCUT2D eigenvalue weighted by atomic mass is 16.2. The Kier molecular flexibility index (Phi) is 3.19. The lowest BCUT2D eigenvalue weighted by molar-refractivity contribution is 0.0580. The van der Waals surface area contributed by atoms with Crippen molar-refractivity contribution in [3.05, 3.63) is 17.5 Å². The van der Waals surface area contributed by atoms with Crippen LogP contribution in [0.5, 0.6) is 0 Å². The standard InChI is InChI=1S/C13H22N4O/c1-5-8-6-9(17(4)16-8)12(18)15-11-7-10(14)13(11,2)3/h6,10-11H,5,7,14H2,1-4H3,(H,15,18). The van der Waals surface area contributed by atoms with Crippen molar-refractivity contribution < 1.29 is 4.79 Å². The van der Waals surface area contributed by atoms with Gasteiger partial charge < -0.3 is 11.1 Å². The summed E-state index contributed by atoms with van der Waals surface area (Å²) in [6.45, 7) is 6.21. The average molecular weight is 250 g/mol. The van der Waals surface area contributed by atoms with Gasteiger partial charge >= 0.3 is 0 Å². The van der Waals surface area contributed by atoms with Gasteiger partial charge in [-0.3, -0.25) is 9.48 Å². The van der Waals surface area contributed by atoms with Crippen molar-refractivity contribution >= 4 is 5.91 Å². The number of rotatable bonds is 3. The molecule has 1 amide bonds. The molecular weight excluding hydrogens is 228 g/mol. The van der Waals surface area contributed by atoms with Crippen LogP contribution in [0.3, 0.4) is 0 Å². The van der Waals surface area contributed by atoms with Gasteiger partial charge in [-0.1, -0.05) is 20.8 Å². The highest BCUT2D eigenvalue weighted by Gasteiger charge is 2.46. The molecule has 0 aromatic carbocycles. The summed E-state index contributed by atoms with van der Waals surface area (Å²) < 4.78 is 1.64. The average Bonchev–Trinajstić information content (AvgIpc) is 2.70. The van der Waals surface area contributed by atoms with Crippen LogP contribution < -0.4 is 11.1 Å². The highest BCUT2D eigenvalue weighted by Crippen LogP contribution is 2.39. The molecule has 2 atom stereocenters. The molecule has 1 fully saturated rings.